The second kappa shape index (κ2) is 7.85. The van der Waals surface area contributed by atoms with Gasteiger partial charge in [-0.25, -0.2) is 0 Å². The molecule has 0 N–H and O–H groups in total. The van der Waals surface area contributed by atoms with Crippen LogP contribution in [0.1, 0.15) is 56.9 Å². The Labute approximate surface area is 155 Å². The third kappa shape index (κ3) is 5.04. The Morgan fingerprint density at radius 2 is 2.04 bits per heavy atom. The number of piperidine rings is 1. The van der Waals surface area contributed by atoms with Crippen molar-refractivity contribution in [3.8, 4) is 0 Å². The van der Waals surface area contributed by atoms with Gasteiger partial charge in [-0.2, -0.15) is 0 Å². The normalized spacial score (nSPS) is 18.4. The van der Waals surface area contributed by atoms with Crippen molar-refractivity contribution >= 4 is 12.0 Å². The first-order chi connectivity index (χ1) is 12.4. The van der Waals surface area contributed by atoms with Crippen LogP contribution in [-0.4, -0.2) is 34.1 Å². The molecule has 1 aliphatic rings. The van der Waals surface area contributed by atoms with Gasteiger partial charge in [-0.15, -0.1) is 10.2 Å². The summed E-state index contributed by atoms with van der Waals surface area (Å²) in [6.07, 6.45) is 6.20. The molecule has 1 amide bonds. The van der Waals surface area contributed by atoms with Gasteiger partial charge in [0.05, 0.1) is 5.92 Å². The summed E-state index contributed by atoms with van der Waals surface area (Å²) in [6.45, 7) is 7.86. The molecule has 1 atom stereocenters. The summed E-state index contributed by atoms with van der Waals surface area (Å²) in [4.78, 5) is 14.4. The Morgan fingerprint density at radius 3 is 2.77 bits per heavy atom. The summed E-state index contributed by atoms with van der Waals surface area (Å²) in [6, 6.07) is 9.86. The van der Waals surface area contributed by atoms with Crippen LogP contribution in [-0.2, 0) is 11.2 Å². The molecule has 138 valence electrons. The minimum atomic E-state index is 0.0352. The molecular weight excluding hydrogens is 326 g/mol. The van der Waals surface area contributed by atoms with Crippen LogP contribution in [0.2, 0.25) is 0 Å². The molecule has 0 spiro atoms. The van der Waals surface area contributed by atoms with E-state index in [4.69, 9.17) is 4.42 Å². The highest BCUT2D eigenvalue weighted by Gasteiger charge is 2.28. The van der Waals surface area contributed by atoms with Crippen molar-refractivity contribution in [1.82, 2.24) is 15.1 Å². The van der Waals surface area contributed by atoms with Crippen LogP contribution in [0.15, 0.2) is 40.8 Å². The smallest absolute Gasteiger partial charge is 0.246 e. The summed E-state index contributed by atoms with van der Waals surface area (Å²) in [7, 11) is 0. The highest BCUT2D eigenvalue weighted by atomic mass is 16.4. The monoisotopic (exact) mass is 353 g/mol. The standard InChI is InChI=1S/C21H27N3O2/c1-21(2,3)14-18-22-23-20(26-18)17-10-7-13-24(15-17)19(25)12-11-16-8-5-4-6-9-16/h4-6,8-9,11-12,17H,7,10,13-15H2,1-3H3/b12-11-. The van der Waals surface area contributed by atoms with Crippen molar-refractivity contribution < 1.29 is 9.21 Å². The van der Waals surface area contributed by atoms with E-state index < -0.39 is 0 Å². The topological polar surface area (TPSA) is 59.2 Å². The molecule has 1 unspecified atom stereocenters. The first kappa shape index (κ1) is 18.4. The maximum Gasteiger partial charge on any atom is 0.246 e. The zero-order valence-electron chi connectivity index (χ0n) is 15.8. The third-order valence-corrected chi connectivity index (χ3v) is 4.46. The number of aromatic nitrogens is 2. The molecule has 26 heavy (non-hydrogen) atoms. The summed E-state index contributed by atoms with van der Waals surface area (Å²) < 4.78 is 5.88. The van der Waals surface area contributed by atoms with Crippen LogP contribution < -0.4 is 0 Å². The second-order valence-electron chi connectivity index (χ2n) is 8.14. The lowest BCUT2D eigenvalue weighted by molar-refractivity contribution is -0.127. The molecule has 1 aromatic carbocycles. The number of hydrogen-bond donors (Lipinski definition) is 0. The minimum absolute atomic E-state index is 0.0352. The highest BCUT2D eigenvalue weighted by Crippen LogP contribution is 2.28. The molecule has 0 bridgehead atoms. The van der Waals surface area contributed by atoms with Crippen molar-refractivity contribution in [2.75, 3.05) is 13.1 Å². The predicted molar refractivity (Wildman–Crippen MR) is 101 cm³/mol. The van der Waals surface area contributed by atoms with Gasteiger partial charge in [0.1, 0.15) is 0 Å². The van der Waals surface area contributed by atoms with Gasteiger partial charge >= 0.3 is 0 Å². The van der Waals surface area contributed by atoms with Crippen LogP contribution in [0.25, 0.3) is 6.08 Å². The van der Waals surface area contributed by atoms with E-state index in [9.17, 15) is 4.79 Å². The van der Waals surface area contributed by atoms with E-state index in [1.165, 1.54) is 0 Å². The van der Waals surface area contributed by atoms with Gasteiger partial charge in [-0.05, 0) is 29.9 Å². The third-order valence-electron chi connectivity index (χ3n) is 4.46. The highest BCUT2D eigenvalue weighted by molar-refractivity contribution is 5.91. The fourth-order valence-electron chi connectivity index (χ4n) is 3.17. The fourth-order valence-corrected chi connectivity index (χ4v) is 3.17. The average molecular weight is 353 g/mol. The quantitative estimate of drug-likeness (QED) is 0.777. The van der Waals surface area contributed by atoms with Crippen LogP contribution >= 0.6 is 0 Å². The number of carbonyl (C=O) groups is 1. The van der Waals surface area contributed by atoms with Gasteiger partial charge in [0.2, 0.25) is 17.7 Å². The molecule has 2 aromatic rings. The molecular formula is C21H27N3O2. The molecule has 0 saturated carbocycles. The zero-order chi connectivity index (χ0) is 18.6. The molecule has 0 aliphatic carbocycles. The molecule has 0 radical (unpaired) electrons. The lowest BCUT2D eigenvalue weighted by Gasteiger charge is -2.30. The number of amides is 1. The van der Waals surface area contributed by atoms with Gasteiger partial charge in [-0.1, -0.05) is 51.1 Å². The first-order valence-corrected chi connectivity index (χ1v) is 9.25. The number of benzene rings is 1. The summed E-state index contributed by atoms with van der Waals surface area (Å²) in [5.41, 5.74) is 1.14. The van der Waals surface area contributed by atoms with Gasteiger partial charge in [0.25, 0.3) is 0 Å². The number of hydrogen-bond acceptors (Lipinski definition) is 4. The zero-order valence-corrected chi connectivity index (χ0v) is 15.8. The minimum Gasteiger partial charge on any atom is -0.425 e. The Kier molecular flexibility index (Phi) is 5.55. The summed E-state index contributed by atoms with van der Waals surface area (Å²) >= 11 is 0. The lowest BCUT2D eigenvalue weighted by atomic mass is 9.92. The Balaban J connectivity index is 1.62. The van der Waals surface area contributed by atoms with Crippen molar-refractivity contribution in [3.05, 3.63) is 53.8 Å². The molecule has 2 heterocycles. The molecule has 1 aliphatic heterocycles. The summed E-state index contributed by atoms with van der Waals surface area (Å²) in [5, 5.41) is 8.43. The van der Waals surface area contributed by atoms with E-state index in [1.54, 1.807) is 6.08 Å². The number of carbonyl (C=O) groups excluding carboxylic acids is 1. The van der Waals surface area contributed by atoms with Crippen molar-refractivity contribution in [1.29, 1.82) is 0 Å². The number of rotatable bonds is 4. The Hall–Kier alpha value is -2.43. The van der Waals surface area contributed by atoms with Crippen LogP contribution in [0, 0.1) is 5.41 Å². The van der Waals surface area contributed by atoms with Crippen molar-refractivity contribution in [3.63, 3.8) is 0 Å². The van der Waals surface area contributed by atoms with Crippen LogP contribution in [0.4, 0.5) is 0 Å². The average Bonchev–Trinajstić information content (AvgIpc) is 3.07. The number of likely N-dealkylation sites (tertiary alicyclic amines) is 1. The van der Waals surface area contributed by atoms with E-state index >= 15 is 0 Å². The van der Waals surface area contributed by atoms with E-state index in [0.29, 0.717) is 18.3 Å². The van der Waals surface area contributed by atoms with E-state index in [2.05, 4.69) is 31.0 Å². The van der Waals surface area contributed by atoms with Crippen molar-refractivity contribution in [2.45, 2.75) is 46.0 Å². The molecule has 1 fully saturated rings. The van der Waals surface area contributed by atoms with Gasteiger partial charge in [0.15, 0.2) is 0 Å². The van der Waals surface area contributed by atoms with E-state index in [-0.39, 0.29) is 17.2 Å². The molecule has 5 nitrogen and oxygen atoms in total. The summed E-state index contributed by atoms with van der Waals surface area (Å²) in [5.74, 6) is 1.50. The second-order valence-corrected chi connectivity index (χ2v) is 8.14. The predicted octanol–water partition coefficient (Wildman–Crippen LogP) is 4.08. The Bertz CT molecular complexity index is 759. The molecule has 1 saturated heterocycles. The van der Waals surface area contributed by atoms with Crippen LogP contribution in [0.5, 0.6) is 0 Å². The molecule has 3 rings (SSSR count). The SMILES string of the molecule is CC(C)(C)Cc1nnc(C2CCCN(C(=O)/C=C\c3ccccc3)C2)o1. The van der Waals surface area contributed by atoms with Gasteiger partial charge in [0, 0.05) is 25.6 Å². The maximum atomic E-state index is 12.5. The lowest BCUT2D eigenvalue weighted by Crippen LogP contribution is -2.38. The fraction of sp³-hybridized carbons (Fsp3) is 0.476. The molecule has 1 aromatic heterocycles. The largest absolute Gasteiger partial charge is 0.425 e. The number of nitrogens with zero attached hydrogens (tertiary/aromatic N) is 3. The van der Waals surface area contributed by atoms with Gasteiger partial charge in [-0.3, -0.25) is 4.79 Å². The van der Waals surface area contributed by atoms with E-state index in [0.717, 1.165) is 31.4 Å². The first-order valence-electron chi connectivity index (χ1n) is 9.25. The molecule has 5 heteroatoms. The van der Waals surface area contributed by atoms with Gasteiger partial charge < -0.3 is 9.32 Å². The Morgan fingerprint density at radius 1 is 1.27 bits per heavy atom. The van der Waals surface area contributed by atoms with E-state index in [1.807, 2.05) is 41.3 Å². The maximum absolute atomic E-state index is 12.5. The van der Waals surface area contributed by atoms with Crippen molar-refractivity contribution in [2.24, 2.45) is 5.41 Å². The van der Waals surface area contributed by atoms with Crippen LogP contribution in [0.3, 0.4) is 0 Å².